The summed E-state index contributed by atoms with van der Waals surface area (Å²) < 4.78 is 5.17. The molecule has 0 spiro atoms. The largest absolute Gasteiger partial charge is 0.466 e. The van der Waals surface area contributed by atoms with Crippen molar-refractivity contribution in [2.75, 3.05) is 47.4 Å². The molecule has 0 bridgehead atoms. The molecule has 0 radical (unpaired) electrons. The van der Waals surface area contributed by atoms with Crippen LogP contribution in [0.1, 0.15) is 51.9 Å². The van der Waals surface area contributed by atoms with Gasteiger partial charge in [-0.1, -0.05) is 19.3 Å². The zero-order chi connectivity index (χ0) is 18.9. The summed E-state index contributed by atoms with van der Waals surface area (Å²) in [6.45, 7) is 4.99. The van der Waals surface area contributed by atoms with Crippen LogP contribution in [0.4, 0.5) is 0 Å². The van der Waals surface area contributed by atoms with Gasteiger partial charge in [-0.05, 0) is 52.6 Å². The third kappa shape index (κ3) is 7.40. The van der Waals surface area contributed by atoms with Crippen LogP contribution in [-0.2, 0) is 9.53 Å². The fourth-order valence-corrected chi connectivity index (χ4v) is 4.41. The van der Waals surface area contributed by atoms with Crippen molar-refractivity contribution in [3.8, 4) is 0 Å². The van der Waals surface area contributed by atoms with Crippen molar-refractivity contribution >= 4 is 35.9 Å². The molecule has 6 nitrogen and oxygen atoms in total. The van der Waals surface area contributed by atoms with E-state index in [1.807, 2.05) is 14.0 Å². The van der Waals surface area contributed by atoms with E-state index in [1.165, 1.54) is 32.1 Å². The molecule has 1 atom stereocenters. The minimum Gasteiger partial charge on any atom is -0.466 e. The molecule has 2 rings (SSSR count). The molecule has 0 aromatic heterocycles. The molecule has 1 N–H and O–H groups in total. The van der Waals surface area contributed by atoms with Crippen LogP contribution in [-0.4, -0.2) is 75.2 Å². The van der Waals surface area contributed by atoms with E-state index in [1.54, 1.807) is 0 Å². The number of ether oxygens (including phenoxy) is 1. The maximum Gasteiger partial charge on any atom is 0.309 e. The van der Waals surface area contributed by atoms with E-state index in [2.05, 4.69) is 34.2 Å². The number of piperidine rings is 1. The highest BCUT2D eigenvalue weighted by Crippen LogP contribution is 2.28. The number of hydrogen-bond acceptors (Lipinski definition) is 4. The van der Waals surface area contributed by atoms with Gasteiger partial charge in [-0.15, -0.1) is 24.0 Å². The highest BCUT2D eigenvalue weighted by atomic mass is 127. The quantitative estimate of drug-likeness (QED) is 0.266. The lowest BCUT2D eigenvalue weighted by Crippen LogP contribution is -2.51. The predicted octanol–water partition coefficient (Wildman–Crippen LogP) is 2.97. The highest BCUT2D eigenvalue weighted by Gasteiger charge is 2.29. The Bertz CT molecular complexity index is 459. The molecule has 2 aliphatic rings. The second-order valence-electron chi connectivity index (χ2n) is 7.87. The van der Waals surface area contributed by atoms with Crippen molar-refractivity contribution in [3.63, 3.8) is 0 Å². The number of hydrogen-bond donors (Lipinski definition) is 1. The molecule has 1 aliphatic heterocycles. The van der Waals surface area contributed by atoms with Crippen LogP contribution in [0.5, 0.6) is 0 Å². The van der Waals surface area contributed by atoms with Gasteiger partial charge >= 0.3 is 5.97 Å². The summed E-state index contributed by atoms with van der Waals surface area (Å²) in [5.74, 6) is 1.75. The number of likely N-dealkylation sites (N-methyl/N-ethyl adjacent to an activating group) is 1. The lowest BCUT2D eigenvalue weighted by molar-refractivity contribution is -0.149. The molecule has 1 saturated heterocycles. The van der Waals surface area contributed by atoms with Crippen LogP contribution in [0.3, 0.4) is 0 Å². The molecule has 0 amide bonds. The van der Waals surface area contributed by atoms with Crippen molar-refractivity contribution in [3.05, 3.63) is 0 Å². The fourth-order valence-electron chi connectivity index (χ4n) is 4.41. The standard InChI is InChI=1S/C20H38N4O2.HI/c1-5-26-19(25)17-11-13-24(14-12-17)20(21-2)22-15-18(23(3)4)16-9-7-6-8-10-16;/h16-18H,5-15H2,1-4H3,(H,21,22);1H. The zero-order valence-electron chi connectivity index (χ0n) is 17.6. The maximum atomic E-state index is 11.9. The Kier molecular flexibility index (Phi) is 11.6. The molecule has 2 fully saturated rings. The van der Waals surface area contributed by atoms with Gasteiger partial charge in [-0.3, -0.25) is 9.79 Å². The Hall–Kier alpha value is -0.570. The first-order chi connectivity index (χ1) is 12.6. The van der Waals surface area contributed by atoms with E-state index >= 15 is 0 Å². The van der Waals surface area contributed by atoms with Gasteiger partial charge < -0.3 is 19.9 Å². The number of halogens is 1. The van der Waals surface area contributed by atoms with E-state index in [4.69, 9.17) is 4.74 Å². The van der Waals surface area contributed by atoms with Crippen LogP contribution in [0.25, 0.3) is 0 Å². The maximum absolute atomic E-state index is 11.9. The van der Waals surface area contributed by atoms with Gasteiger partial charge in [0, 0.05) is 32.7 Å². The average molecular weight is 494 g/mol. The summed E-state index contributed by atoms with van der Waals surface area (Å²) in [5.41, 5.74) is 0. The number of guanidine groups is 1. The molecule has 7 heteroatoms. The summed E-state index contributed by atoms with van der Waals surface area (Å²) in [7, 11) is 6.23. The molecular weight excluding hydrogens is 455 g/mol. The van der Waals surface area contributed by atoms with Crippen molar-refractivity contribution in [2.24, 2.45) is 16.8 Å². The number of nitrogens with zero attached hydrogens (tertiary/aromatic N) is 3. The average Bonchev–Trinajstić information content (AvgIpc) is 2.66. The minimum absolute atomic E-state index is 0. The summed E-state index contributed by atoms with van der Waals surface area (Å²) in [5, 5.41) is 3.61. The Balaban J connectivity index is 0.00000364. The first-order valence-corrected chi connectivity index (χ1v) is 10.4. The van der Waals surface area contributed by atoms with Gasteiger partial charge in [0.2, 0.25) is 0 Å². The molecule has 1 heterocycles. The van der Waals surface area contributed by atoms with Gasteiger partial charge in [-0.25, -0.2) is 0 Å². The van der Waals surface area contributed by atoms with E-state index in [0.29, 0.717) is 12.6 Å². The summed E-state index contributed by atoms with van der Waals surface area (Å²) in [6.07, 6.45) is 8.50. The molecule has 27 heavy (non-hydrogen) atoms. The van der Waals surface area contributed by atoms with E-state index in [-0.39, 0.29) is 35.9 Å². The van der Waals surface area contributed by atoms with Crippen LogP contribution >= 0.6 is 24.0 Å². The van der Waals surface area contributed by atoms with Gasteiger partial charge in [0.1, 0.15) is 0 Å². The number of carbonyl (C=O) groups is 1. The number of nitrogens with one attached hydrogen (secondary N) is 1. The van der Waals surface area contributed by atoms with Gasteiger partial charge in [0.05, 0.1) is 12.5 Å². The Morgan fingerprint density at radius 1 is 1.19 bits per heavy atom. The second-order valence-corrected chi connectivity index (χ2v) is 7.87. The number of likely N-dealkylation sites (tertiary alicyclic amines) is 1. The Morgan fingerprint density at radius 2 is 1.81 bits per heavy atom. The number of carbonyl (C=O) groups excluding carboxylic acids is 1. The van der Waals surface area contributed by atoms with Crippen LogP contribution in [0, 0.1) is 11.8 Å². The Morgan fingerprint density at radius 3 is 2.33 bits per heavy atom. The number of aliphatic imine (C=N–C) groups is 1. The first kappa shape index (κ1) is 24.5. The predicted molar refractivity (Wildman–Crippen MR) is 122 cm³/mol. The van der Waals surface area contributed by atoms with Crippen molar-refractivity contribution < 1.29 is 9.53 Å². The molecule has 1 unspecified atom stereocenters. The van der Waals surface area contributed by atoms with E-state index < -0.39 is 0 Å². The minimum atomic E-state index is -0.0416. The van der Waals surface area contributed by atoms with Crippen LogP contribution in [0.2, 0.25) is 0 Å². The number of esters is 1. The lowest BCUT2D eigenvalue weighted by atomic mass is 9.83. The monoisotopic (exact) mass is 494 g/mol. The third-order valence-electron chi connectivity index (χ3n) is 5.95. The fraction of sp³-hybridized carbons (Fsp3) is 0.900. The SMILES string of the molecule is CCOC(=O)C1CCN(C(=NC)NCC(C2CCCCC2)N(C)C)CC1.I. The Labute approximate surface area is 182 Å². The first-order valence-electron chi connectivity index (χ1n) is 10.4. The summed E-state index contributed by atoms with van der Waals surface area (Å²) >= 11 is 0. The van der Waals surface area contributed by atoms with Gasteiger partial charge in [0.15, 0.2) is 5.96 Å². The van der Waals surface area contributed by atoms with E-state index in [0.717, 1.165) is 44.4 Å². The highest BCUT2D eigenvalue weighted by molar-refractivity contribution is 14.0. The van der Waals surface area contributed by atoms with Gasteiger partial charge in [-0.2, -0.15) is 0 Å². The molecule has 1 saturated carbocycles. The van der Waals surface area contributed by atoms with Crippen molar-refractivity contribution in [1.82, 2.24) is 15.1 Å². The third-order valence-corrected chi connectivity index (χ3v) is 5.95. The number of rotatable bonds is 6. The normalized spacial score (nSPS) is 20.9. The topological polar surface area (TPSA) is 57.2 Å². The lowest BCUT2D eigenvalue weighted by Gasteiger charge is -2.37. The summed E-state index contributed by atoms with van der Waals surface area (Å²) in [4.78, 5) is 21.1. The zero-order valence-corrected chi connectivity index (χ0v) is 19.9. The summed E-state index contributed by atoms with van der Waals surface area (Å²) in [6, 6.07) is 0.545. The molecule has 0 aromatic carbocycles. The van der Waals surface area contributed by atoms with E-state index in [9.17, 15) is 4.79 Å². The molecule has 0 aromatic rings. The van der Waals surface area contributed by atoms with Crippen molar-refractivity contribution in [1.29, 1.82) is 0 Å². The smallest absolute Gasteiger partial charge is 0.309 e. The van der Waals surface area contributed by atoms with Gasteiger partial charge in [0.25, 0.3) is 0 Å². The molecule has 158 valence electrons. The second kappa shape index (κ2) is 12.8. The van der Waals surface area contributed by atoms with Crippen LogP contribution < -0.4 is 5.32 Å². The van der Waals surface area contributed by atoms with Crippen LogP contribution in [0.15, 0.2) is 4.99 Å². The molecular formula is C20H39IN4O2. The molecule has 1 aliphatic carbocycles. The van der Waals surface area contributed by atoms with Crippen molar-refractivity contribution in [2.45, 2.75) is 57.9 Å².